The molecule has 0 unspecified atom stereocenters. The topological polar surface area (TPSA) is 58.2 Å². The molecule has 2 N–H and O–H groups in total. The Kier molecular flexibility index (Phi) is 7.19. The van der Waals surface area contributed by atoms with Gasteiger partial charge in [-0.25, -0.2) is 4.79 Å². The number of hydrogen-bond donors (Lipinski definition) is 2. The van der Waals surface area contributed by atoms with Crippen molar-refractivity contribution < 1.29 is 9.59 Å². The summed E-state index contributed by atoms with van der Waals surface area (Å²) in [6.07, 6.45) is 0.800. The minimum atomic E-state index is -0.484. The van der Waals surface area contributed by atoms with Crippen LogP contribution in [0.4, 0.5) is 4.79 Å². The number of nitrogens with one attached hydrogen (secondary N) is 2. The van der Waals surface area contributed by atoms with Gasteiger partial charge in [-0.2, -0.15) is 0 Å². The summed E-state index contributed by atoms with van der Waals surface area (Å²) in [7, 11) is 0. The zero-order valence-electron chi connectivity index (χ0n) is 11.2. The SMILES string of the molecule is CC[C@@H](C)NC(=O)NC(=O)CSc1cc(Cl)ccc1Cl. The molecule has 0 aliphatic carbocycles. The first-order chi connectivity index (χ1) is 9.42. The number of imide groups is 1. The summed E-state index contributed by atoms with van der Waals surface area (Å²) in [5, 5.41) is 5.99. The van der Waals surface area contributed by atoms with Crippen molar-refractivity contribution in [3.63, 3.8) is 0 Å². The molecular weight excluding hydrogens is 319 g/mol. The second kappa shape index (κ2) is 8.39. The molecule has 110 valence electrons. The molecule has 0 saturated carbocycles. The fourth-order valence-corrected chi connectivity index (χ4v) is 2.55. The predicted molar refractivity (Wildman–Crippen MR) is 83.6 cm³/mol. The lowest BCUT2D eigenvalue weighted by Gasteiger charge is -2.11. The Morgan fingerprint density at radius 1 is 1.35 bits per heavy atom. The van der Waals surface area contributed by atoms with Crippen molar-refractivity contribution >= 4 is 46.9 Å². The summed E-state index contributed by atoms with van der Waals surface area (Å²) in [5.41, 5.74) is 0. The van der Waals surface area contributed by atoms with Crippen LogP contribution in [-0.2, 0) is 4.79 Å². The van der Waals surface area contributed by atoms with E-state index >= 15 is 0 Å². The van der Waals surface area contributed by atoms with Crippen molar-refractivity contribution in [3.05, 3.63) is 28.2 Å². The van der Waals surface area contributed by atoms with Gasteiger partial charge >= 0.3 is 6.03 Å². The molecule has 0 heterocycles. The predicted octanol–water partition coefficient (Wildman–Crippen LogP) is 3.71. The number of carbonyl (C=O) groups excluding carboxylic acids is 2. The quantitative estimate of drug-likeness (QED) is 0.807. The van der Waals surface area contributed by atoms with Gasteiger partial charge < -0.3 is 5.32 Å². The van der Waals surface area contributed by atoms with Crippen LogP contribution in [0, 0.1) is 0 Å². The summed E-state index contributed by atoms with van der Waals surface area (Å²) in [6, 6.07) is 4.56. The number of thioether (sulfide) groups is 1. The van der Waals surface area contributed by atoms with Crippen LogP contribution in [0.15, 0.2) is 23.1 Å². The summed E-state index contributed by atoms with van der Waals surface area (Å²) in [4.78, 5) is 23.8. The van der Waals surface area contributed by atoms with Gasteiger partial charge in [0.05, 0.1) is 10.8 Å². The van der Waals surface area contributed by atoms with Gasteiger partial charge in [0, 0.05) is 16.0 Å². The highest BCUT2D eigenvalue weighted by molar-refractivity contribution is 8.00. The third-order valence-electron chi connectivity index (χ3n) is 2.49. The maximum absolute atomic E-state index is 11.6. The van der Waals surface area contributed by atoms with Gasteiger partial charge in [0.1, 0.15) is 0 Å². The van der Waals surface area contributed by atoms with Gasteiger partial charge in [-0.15, -0.1) is 11.8 Å². The van der Waals surface area contributed by atoms with Crippen LogP contribution in [0.5, 0.6) is 0 Å². The Hall–Kier alpha value is -0.910. The monoisotopic (exact) mass is 334 g/mol. The molecule has 0 saturated heterocycles. The van der Waals surface area contributed by atoms with Crippen LogP contribution in [-0.4, -0.2) is 23.7 Å². The Balaban J connectivity index is 2.43. The normalized spacial score (nSPS) is 11.8. The number of amides is 3. The van der Waals surface area contributed by atoms with E-state index in [-0.39, 0.29) is 17.7 Å². The largest absolute Gasteiger partial charge is 0.335 e. The van der Waals surface area contributed by atoms with Crippen molar-refractivity contribution in [2.75, 3.05) is 5.75 Å². The first-order valence-corrected chi connectivity index (χ1v) is 7.84. The third kappa shape index (κ3) is 6.03. The average Bonchev–Trinajstić information content (AvgIpc) is 2.39. The molecule has 0 aromatic heterocycles. The molecular formula is C13H16Cl2N2O2S. The van der Waals surface area contributed by atoms with Crippen molar-refractivity contribution in [1.29, 1.82) is 0 Å². The van der Waals surface area contributed by atoms with Crippen LogP contribution in [0.3, 0.4) is 0 Å². The smallest absolute Gasteiger partial charge is 0.321 e. The Bertz CT molecular complexity index is 497. The van der Waals surface area contributed by atoms with E-state index in [2.05, 4.69) is 10.6 Å². The second-order valence-electron chi connectivity index (χ2n) is 4.19. The maximum atomic E-state index is 11.6. The van der Waals surface area contributed by atoms with E-state index in [1.54, 1.807) is 18.2 Å². The van der Waals surface area contributed by atoms with Crippen LogP contribution in [0.25, 0.3) is 0 Å². The van der Waals surface area contributed by atoms with Crippen molar-refractivity contribution in [3.8, 4) is 0 Å². The highest BCUT2D eigenvalue weighted by atomic mass is 35.5. The number of rotatable bonds is 5. The summed E-state index contributed by atoms with van der Waals surface area (Å²) in [5.74, 6) is -0.291. The minimum absolute atomic E-state index is 0.0258. The van der Waals surface area contributed by atoms with Gasteiger partial charge in [0.15, 0.2) is 0 Å². The van der Waals surface area contributed by atoms with Crippen LogP contribution < -0.4 is 10.6 Å². The van der Waals surface area contributed by atoms with Crippen LogP contribution in [0.1, 0.15) is 20.3 Å². The number of benzene rings is 1. The number of carbonyl (C=O) groups is 2. The third-order valence-corrected chi connectivity index (χ3v) is 4.23. The molecule has 4 nitrogen and oxygen atoms in total. The highest BCUT2D eigenvalue weighted by Crippen LogP contribution is 2.29. The molecule has 1 aromatic rings. The van der Waals surface area contributed by atoms with Crippen molar-refractivity contribution in [1.82, 2.24) is 10.6 Å². The molecule has 0 radical (unpaired) electrons. The lowest BCUT2D eigenvalue weighted by atomic mass is 10.3. The van der Waals surface area contributed by atoms with Crippen LogP contribution >= 0.6 is 35.0 Å². The molecule has 0 aliphatic heterocycles. The molecule has 0 spiro atoms. The van der Waals surface area contributed by atoms with E-state index in [0.717, 1.165) is 6.42 Å². The highest BCUT2D eigenvalue weighted by Gasteiger charge is 2.11. The molecule has 1 atom stereocenters. The van der Waals surface area contributed by atoms with Gasteiger partial charge in [-0.3, -0.25) is 10.1 Å². The Labute approximate surface area is 132 Å². The van der Waals surface area contributed by atoms with E-state index in [1.165, 1.54) is 11.8 Å². The molecule has 7 heteroatoms. The van der Waals surface area contributed by atoms with E-state index < -0.39 is 6.03 Å². The molecule has 20 heavy (non-hydrogen) atoms. The Morgan fingerprint density at radius 2 is 2.05 bits per heavy atom. The first kappa shape index (κ1) is 17.1. The second-order valence-corrected chi connectivity index (χ2v) is 6.06. The first-order valence-electron chi connectivity index (χ1n) is 6.10. The zero-order chi connectivity index (χ0) is 15.1. The van der Waals surface area contributed by atoms with Crippen molar-refractivity contribution in [2.24, 2.45) is 0 Å². The van der Waals surface area contributed by atoms with Gasteiger partial charge in [0.2, 0.25) is 5.91 Å². The fraction of sp³-hybridized carbons (Fsp3) is 0.385. The van der Waals surface area contributed by atoms with Gasteiger partial charge in [-0.05, 0) is 31.5 Å². The summed E-state index contributed by atoms with van der Waals surface area (Å²) >= 11 is 13.1. The lowest BCUT2D eigenvalue weighted by molar-refractivity contribution is -0.117. The minimum Gasteiger partial charge on any atom is -0.335 e. The average molecular weight is 335 g/mol. The van der Waals surface area contributed by atoms with E-state index in [1.807, 2.05) is 13.8 Å². The Morgan fingerprint density at radius 3 is 2.70 bits per heavy atom. The van der Waals surface area contributed by atoms with Crippen molar-refractivity contribution in [2.45, 2.75) is 31.2 Å². The summed E-state index contributed by atoms with van der Waals surface area (Å²) < 4.78 is 0. The molecule has 0 aliphatic rings. The van der Waals surface area contributed by atoms with Crippen LogP contribution in [0.2, 0.25) is 10.0 Å². The standard InChI is InChI=1S/C13H16Cl2N2O2S/c1-3-8(2)16-13(19)17-12(18)7-20-11-6-9(14)4-5-10(11)15/h4-6,8H,3,7H2,1-2H3,(H2,16,17,18,19)/t8-/m1/s1. The fourth-order valence-electron chi connectivity index (χ4n) is 1.26. The molecule has 1 aromatic carbocycles. The zero-order valence-corrected chi connectivity index (χ0v) is 13.5. The number of hydrogen-bond acceptors (Lipinski definition) is 3. The van der Waals surface area contributed by atoms with Gasteiger partial charge in [-0.1, -0.05) is 30.1 Å². The lowest BCUT2D eigenvalue weighted by Crippen LogP contribution is -2.43. The number of halogens is 2. The molecule has 0 bridgehead atoms. The van der Waals surface area contributed by atoms with Gasteiger partial charge in [0.25, 0.3) is 0 Å². The van der Waals surface area contributed by atoms with E-state index in [0.29, 0.717) is 14.9 Å². The van der Waals surface area contributed by atoms with E-state index in [9.17, 15) is 9.59 Å². The molecule has 1 rings (SSSR count). The number of urea groups is 1. The van der Waals surface area contributed by atoms with E-state index in [4.69, 9.17) is 23.2 Å². The molecule has 3 amide bonds. The summed E-state index contributed by atoms with van der Waals surface area (Å²) in [6.45, 7) is 3.81. The maximum Gasteiger partial charge on any atom is 0.321 e. The molecule has 0 fully saturated rings.